The molecular formula is C2H15AlCl8F4Ge. The molecule has 0 heterocycles. The van der Waals surface area contributed by atoms with Crippen LogP contribution in [-0.2, 0) is 0 Å². The van der Waals surface area contributed by atoms with Crippen molar-refractivity contribution in [2.45, 2.75) is 10.7 Å². The first-order valence-corrected chi connectivity index (χ1v) is 10.5. The molecule has 114 valence electrons. The van der Waals surface area contributed by atoms with Gasteiger partial charge in [-0.25, -0.2) is 0 Å². The van der Waals surface area contributed by atoms with Gasteiger partial charge in [-0.15, -0.1) is 37.2 Å². The van der Waals surface area contributed by atoms with Crippen molar-refractivity contribution in [3.05, 3.63) is 0 Å². The molecule has 0 aromatic rings. The Balaban J connectivity index is -0.00000000388. The van der Waals surface area contributed by atoms with Crippen LogP contribution in [0.15, 0.2) is 0 Å². The number of rotatable bonds is 0. The Morgan fingerprint density at radius 3 is 0.750 bits per heavy atom. The van der Waals surface area contributed by atoms with Crippen molar-refractivity contribution >= 4 is 123 Å². The first-order chi connectivity index (χ1) is 3.41. The molecule has 0 saturated carbocycles. The molecule has 0 bridgehead atoms. The average Bonchev–Trinajstić information content (AvgIpc) is 1.27. The van der Waals surface area contributed by atoms with E-state index in [4.69, 9.17) is 54.8 Å². The number of halogens is 12. The molecular weight excluding hydrogens is 483 g/mol. The van der Waals surface area contributed by atoms with E-state index in [2.05, 4.69) is 0 Å². The summed E-state index contributed by atoms with van der Waals surface area (Å²) in [4.78, 5) is 0. The summed E-state index contributed by atoms with van der Waals surface area (Å²) in [6, 6.07) is 0. The fourth-order valence-corrected chi connectivity index (χ4v) is 0. The van der Waals surface area contributed by atoms with E-state index < -0.39 is 17.4 Å². The fraction of sp³-hybridized carbons (Fsp3) is 1.00. The fourth-order valence-electron chi connectivity index (χ4n) is 0. The molecule has 0 aromatic heterocycles. The molecule has 0 aromatic carbocycles. The van der Waals surface area contributed by atoms with Gasteiger partial charge in [0.1, 0.15) is 0 Å². The maximum absolute atomic E-state index is 5.06. The summed E-state index contributed by atoms with van der Waals surface area (Å²) in [7, 11) is 9.90. The van der Waals surface area contributed by atoms with Crippen LogP contribution in [0.1, 0.15) is 6.92 Å². The maximum atomic E-state index is 5.06. The second-order valence-corrected chi connectivity index (χ2v) is 8.35. The van der Waals surface area contributed by atoms with E-state index in [0.29, 0.717) is 0 Å². The van der Waals surface area contributed by atoms with E-state index in [1.54, 1.807) is 0 Å². The second kappa shape index (κ2) is 51.9. The summed E-state index contributed by atoms with van der Waals surface area (Å²) in [5.74, 6) is 0. The standard InChI is InChI=1S/C2H3Cl3.Al.Cl2GeH2.3ClH.4FH.3H/c1-2(3,4)5;;1-3-2;;;;;;;;;;/h1H3;;3H2;7*1H;;;. The molecule has 0 aliphatic rings. The van der Waals surface area contributed by atoms with Crippen molar-refractivity contribution in [1.82, 2.24) is 0 Å². The van der Waals surface area contributed by atoms with E-state index in [9.17, 15) is 0 Å². The monoisotopic (exact) mass is 496 g/mol. The summed E-state index contributed by atoms with van der Waals surface area (Å²) < 4.78 is -1.08. The first-order valence-electron chi connectivity index (χ1n) is 1.60. The minimum absolute atomic E-state index is 0. The van der Waals surface area contributed by atoms with Gasteiger partial charge in [-0.2, -0.15) is 0 Å². The Hall–Kier alpha value is 3.12. The van der Waals surface area contributed by atoms with Crippen LogP contribution < -0.4 is 0 Å². The molecule has 0 saturated heterocycles. The topological polar surface area (TPSA) is 0 Å². The number of hydrogen-bond donors (Lipinski definition) is 0. The van der Waals surface area contributed by atoms with Crippen molar-refractivity contribution in [1.29, 1.82) is 0 Å². The van der Waals surface area contributed by atoms with Crippen molar-refractivity contribution in [2.75, 3.05) is 0 Å². The quantitative estimate of drug-likeness (QED) is 0.273. The van der Waals surface area contributed by atoms with Gasteiger partial charge in [-0.05, 0) is 6.92 Å². The van der Waals surface area contributed by atoms with Gasteiger partial charge in [0.25, 0.3) is 0 Å². The Morgan fingerprint density at radius 1 is 0.750 bits per heavy atom. The number of hydrogen-bond acceptors (Lipinski definition) is 0. The molecule has 14 heteroatoms. The summed E-state index contributed by atoms with van der Waals surface area (Å²) in [5, 5.41) is 0. The Bertz CT molecular complexity index is 53.8. The molecule has 0 radical (unpaired) electrons. The van der Waals surface area contributed by atoms with E-state index in [1.807, 2.05) is 0 Å². The summed E-state index contributed by atoms with van der Waals surface area (Å²) >= 11 is 14.3. The Labute approximate surface area is 151 Å². The predicted octanol–water partition coefficient (Wildman–Crippen LogP) is 3.53. The van der Waals surface area contributed by atoms with Gasteiger partial charge in [0, 0.05) is 0 Å². The van der Waals surface area contributed by atoms with Gasteiger partial charge in [0.05, 0.1) is 0 Å². The normalized spacial score (nSPS) is 4.88. The SMILES string of the molecule is CC(Cl)(Cl)Cl.Cl.Cl.Cl.F.F.F.F.[AlH3].[Cl][GeH2][Cl]. The molecule has 0 unspecified atom stereocenters. The zero-order chi connectivity index (χ0) is 7.21. The predicted molar refractivity (Wildman–Crippen MR) is 87.9 cm³/mol. The number of alkyl halides is 3. The van der Waals surface area contributed by atoms with Crippen LogP contribution in [0, 0.1) is 0 Å². The minimum atomic E-state index is -1.08. The van der Waals surface area contributed by atoms with Crippen LogP contribution in [-0.4, -0.2) is 34.7 Å². The van der Waals surface area contributed by atoms with Crippen LogP contribution in [0.2, 0.25) is 0 Å². The van der Waals surface area contributed by atoms with Crippen LogP contribution in [0.3, 0.4) is 0 Å². The molecule has 0 aliphatic carbocycles. The van der Waals surface area contributed by atoms with Crippen molar-refractivity contribution in [2.24, 2.45) is 0 Å². The third-order valence-electron chi connectivity index (χ3n) is 0. The summed E-state index contributed by atoms with van der Waals surface area (Å²) in [6.45, 7) is 1.48. The Kier molecular flexibility index (Phi) is 245. The molecule has 0 aliphatic heterocycles. The van der Waals surface area contributed by atoms with Crippen molar-refractivity contribution in [3.8, 4) is 0 Å². The van der Waals surface area contributed by atoms with Gasteiger partial charge in [0.2, 0.25) is 0 Å². The van der Waals surface area contributed by atoms with Crippen molar-refractivity contribution in [3.63, 3.8) is 0 Å². The summed E-state index contributed by atoms with van der Waals surface area (Å²) in [6.07, 6.45) is 0. The zero-order valence-corrected chi connectivity index (χ0v) is 16.2. The van der Waals surface area contributed by atoms with Gasteiger partial charge in [-0.3, -0.25) is 18.8 Å². The van der Waals surface area contributed by atoms with Gasteiger partial charge in [0.15, 0.2) is 21.2 Å². The first kappa shape index (κ1) is 75.5. The van der Waals surface area contributed by atoms with E-state index in [1.165, 1.54) is 6.92 Å². The van der Waals surface area contributed by atoms with Crippen molar-refractivity contribution < 1.29 is 18.8 Å². The van der Waals surface area contributed by atoms with E-state index in [-0.39, 0.29) is 73.4 Å². The molecule has 0 N–H and O–H groups in total. The zero-order valence-electron chi connectivity index (χ0n) is 6.95. The van der Waals surface area contributed by atoms with Crippen LogP contribution in [0.4, 0.5) is 18.8 Å². The van der Waals surface area contributed by atoms with Gasteiger partial charge >= 0.3 is 33.6 Å². The molecule has 0 spiro atoms. The van der Waals surface area contributed by atoms with Crippen LogP contribution in [0.25, 0.3) is 0 Å². The van der Waals surface area contributed by atoms with E-state index in [0.717, 1.165) is 0 Å². The van der Waals surface area contributed by atoms with Crippen LogP contribution >= 0.6 is 92.0 Å². The molecule has 0 atom stereocenters. The summed E-state index contributed by atoms with van der Waals surface area (Å²) in [5.41, 5.74) is 0. The Morgan fingerprint density at radius 2 is 0.750 bits per heavy atom. The third-order valence-corrected chi connectivity index (χ3v) is 0. The van der Waals surface area contributed by atoms with Crippen LogP contribution in [0.5, 0.6) is 0 Å². The second-order valence-electron chi connectivity index (χ2n) is 0.882. The molecule has 0 nitrogen and oxygen atoms in total. The average molecular weight is 498 g/mol. The van der Waals surface area contributed by atoms with Gasteiger partial charge < -0.3 is 0 Å². The van der Waals surface area contributed by atoms with Gasteiger partial charge in [-0.1, -0.05) is 34.8 Å². The molecule has 0 amide bonds. The molecule has 0 fully saturated rings. The third kappa shape index (κ3) is 458. The van der Waals surface area contributed by atoms with E-state index >= 15 is 0 Å². The molecule has 0 rings (SSSR count). The molecule has 16 heavy (non-hydrogen) atoms.